The average molecular weight is 154 g/mol. The van der Waals surface area contributed by atoms with Gasteiger partial charge in [-0.15, -0.1) is 0 Å². The molecule has 2 heteroatoms. The van der Waals surface area contributed by atoms with Crippen LogP contribution in [-0.2, 0) is 9.53 Å². The lowest BCUT2D eigenvalue weighted by molar-refractivity contribution is -0.144. The van der Waals surface area contributed by atoms with Crippen molar-refractivity contribution in [3.63, 3.8) is 0 Å². The van der Waals surface area contributed by atoms with Crippen LogP contribution in [0.1, 0.15) is 26.7 Å². The number of carbonyl (C=O) groups is 1. The van der Waals surface area contributed by atoms with Gasteiger partial charge in [-0.1, -0.05) is 13.0 Å². The summed E-state index contributed by atoms with van der Waals surface area (Å²) >= 11 is 0. The van der Waals surface area contributed by atoms with Gasteiger partial charge in [-0.3, -0.25) is 4.79 Å². The van der Waals surface area contributed by atoms with Crippen molar-refractivity contribution >= 4 is 5.97 Å². The summed E-state index contributed by atoms with van der Waals surface area (Å²) in [5, 5.41) is 0. The number of ether oxygens (including phenoxy) is 1. The normalized spacial score (nSPS) is 30.0. The summed E-state index contributed by atoms with van der Waals surface area (Å²) in [4.78, 5) is 10.5. The molecule has 0 heterocycles. The monoisotopic (exact) mass is 154 g/mol. The van der Waals surface area contributed by atoms with Crippen molar-refractivity contribution in [2.24, 2.45) is 5.92 Å². The molecule has 0 bridgehead atoms. The van der Waals surface area contributed by atoms with E-state index < -0.39 is 0 Å². The predicted octanol–water partition coefficient (Wildman–Crippen LogP) is 1.90. The molecule has 0 aliphatic heterocycles. The van der Waals surface area contributed by atoms with E-state index in [1.807, 2.05) is 6.08 Å². The second kappa shape index (κ2) is 3.56. The van der Waals surface area contributed by atoms with Gasteiger partial charge in [-0.05, 0) is 24.8 Å². The third-order valence-electron chi connectivity index (χ3n) is 1.88. The molecule has 0 amide bonds. The number of hydrogen-bond donors (Lipinski definition) is 0. The summed E-state index contributed by atoms with van der Waals surface area (Å²) in [5.74, 6) is 0.455. The van der Waals surface area contributed by atoms with Crippen LogP contribution in [0.3, 0.4) is 0 Å². The Hall–Kier alpha value is -0.790. The van der Waals surface area contributed by atoms with Gasteiger partial charge in [0, 0.05) is 6.92 Å². The fourth-order valence-corrected chi connectivity index (χ4v) is 1.24. The Kier molecular flexibility index (Phi) is 2.69. The van der Waals surface area contributed by atoms with Crippen LogP contribution >= 0.6 is 0 Å². The summed E-state index contributed by atoms with van der Waals surface area (Å²) in [5.41, 5.74) is 0. The summed E-state index contributed by atoms with van der Waals surface area (Å²) in [6.45, 7) is 3.62. The van der Waals surface area contributed by atoms with Crippen molar-refractivity contribution in [1.82, 2.24) is 0 Å². The number of esters is 1. The van der Waals surface area contributed by atoms with Crippen LogP contribution in [0, 0.1) is 5.92 Å². The fourth-order valence-electron chi connectivity index (χ4n) is 1.24. The van der Waals surface area contributed by atoms with E-state index in [1.165, 1.54) is 6.92 Å². The second-order valence-corrected chi connectivity index (χ2v) is 3.09. The van der Waals surface area contributed by atoms with Gasteiger partial charge in [-0.25, -0.2) is 0 Å². The molecule has 1 aliphatic carbocycles. The molecule has 2 unspecified atom stereocenters. The van der Waals surface area contributed by atoms with E-state index in [4.69, 9.17) is 4.74 Å². The van der Waals surface area contributed by atoms with Crippen molar-refractivity contribution < 1.29 is 9.53 Å². The minimum atomic E-state index is -0.186. The van der Waals surface area contributed by atoms with E-state index in [0.717, 1.165) is 12.8 Å². The Balaban J connectivity index is 2.38. The van der Waals surface area contributed by atoms with Crippen LogP contribution in [-0.4, -0.2) is 12.1 Å². The zero-order chi connectivity index (χ0) is 8.27. The maximum atomic E-state index is 10.5. The number of carbonyl (C=O) groups excluding carboxylic acids is 1. The van der Waals surface area contributed by atoms with E-state index in [1.54, 1.807) is 0 Å². The van der Waals surface area contributed by atoms with Crippen LogP contribution in [0.25, 0.3) is 0 Å². The fraction of sp³-hybridized carbons (Fsp3) is 0.667. The summed E-state index contributed by atoms with van der Waals surface area (Å²) in [6.07, 6.45) is 6.21. The standard InChI is InChI=1S/C9H14O2/c1-7-3-5-9(6-4-7)11-8(2)10/h3,5,7,9H,4,6H2,1-2H3. The molecule has 62 valence electrons. The van der Waals surface area contributed by atoms with Crippen LogP contribution in [0.2, 0.25) is 0 Å². The third kappa shape index (κ3) is 2.74. The largest absolute Gasteiger partial charge is 0.458 e. The molecule has 0 aromatic rings. The highest BCUT2D eigenvalue weighted by Crippen LogP contribution is 2.18. The molecular formula is C9H14O2. The molecule has 1 rings (SSSR count). The Morgan fingerprint density at radius 1 is 1.45 bits per heavy atom. The lowest BCUT2D eigenvalue weighted by Crippen LogP contribution is -2.17. The van der Waals surface area contributed by atoms with Gasteiger partial charge < -0.3 is 4.74 Å². The van der Waals surface area contributed by atoms with E-state index in [0.29, 0.717) is 5.92 Å². The van der Waals surface area contributed by atoms with Crippen LogP contribution < -0.4 is 0 Å². The van der Waals surface area contributed by atoms with Gasteiger partial charge in [0.15, 0.2) is 0 Å². The molecule has 0 spiro atoms. The number of hydrogen-bond acceptors (Lipinski definition) is 2. The second-order valence-electron chi connectivity index (χ2n) is 3.09. The van der Waals surface area contributed by atoms with E-state index >= 15 is 0 Å². The smallest absolute Gasteiger partial charge is 0.303 e. The molecule has 0 saturated carbocycles. The topological polar surface area (TPSA) is 26.3 Å². The maximum absolute atomic E-state index is 10.5. The van der Waals surface area contributed by atoms with Crippen molar-refractivity contribution in [3.8, 4) is 0 Å². The highest BCUT2D eigenvalue weighted by atomic mass is 16.5. The number of allylic oxidation sites excluding steroid dienone is 1. The van der Waals surface area contributed by atoms with Gasteiger partial charge in [0.2, 0.25) is 0 Å². The van der Waals surface area contributed by atoms with E-state index in [9.17, 15) is 4.79 Å². The maximum Gasteiger partial charge on any atom is 0.303 e. The highest BCUT2D eigenvalue weighted by molar-refractivity contribution is 5.66. The SMILES string of the molecule is CC(=O)OC1C=CC(C)CC1. The van der Waals surface area contributed by atoms with Crippen molar-refractivity contribution in [2.75, 3.05) is 0 Å². The molecule has 2 atom stereocenters. The first-order chi connectivity index (χ1) is 5.18. The van der Waals surface area contributed by atoms with Gasteiger partial charge in [0.25, 0.3) is 0 Å². The first-order valence-corrected chi connectivity index (χ1v) is 4.04. The van der Waals surface area contributed by atoms with Crippen LogP contribution in [0.4, 0.5) is 0 Å². The Morgan fingerprint density at radius 3 is 2.64 bits per heavy atom. The molecule has 11 heavy (non-hydrogen) atoms. The minimum Gasteiger partial charge on any atom is -0.458 e. The molecule has 0 saturated heterocycles. The minimum absolute atomic E-state index is 0.0312. The predicted molar refractivity (Wildman–Crippen MR) is 43.1 cm³/mol. The van der Waals surface area contributed by atoms with Crippen molar-refractivity contribution in [3.05, 3.63) is 12.2 Å². The van der Waals surface area contributed by atoms with Crippen molar-refractivity contribution in [2.45, 2.75) is 32.8 Å². The Morgan fingerprint density at radius 2 is 2.18 bits per heavy atom. The zero-order valence-electron chi connectivity index (χ0n) is 7.04. The Labute approximate surface area is 67.2 Å². The van der Waals surface area contributed by atoms with Gasteiger partial charge in [0.1, 0.15) is 6.10 Å². The summed E-state index contributed by atoms with van der Waals surface area (Å²) in [6, 6.07) is 0. The lowest BCUT2D eigenvalue weighted by atomic mass is 9.96. The first kappa shape index (κ1) is 8.31. The van der Waals surface area contributed by atoms with Crippen LogP contribution in [0.15, 0.2) is 12.2 Å². The third-order valence-corrected chi connectivity index (χ3v) is 1.88. The first-order valence-electron chi connectivity index (χ1n) is 4.04. The van der Waals surface area contributed by atoms with Gasteiger partial charge in [-0.2, -0.15) is 0 Å². The van der Waals surface area contributed by atoms with Crippen molar-refractivity contribution in [1.29, 1.82) is 0 Å². The van der Waals surface area contributed by atoms with Gasteiger partial charge in [0.05, 0.1) is 0 Å². The molecule has 1 aliphatic rings. The lowest BCUT2D eigenvalue weighted by Gasteiger charge is -2.19. The molecule has 2 nitrogen and oxygen atoms in total. The van der Waals surface area contributed by atoms with E-state index in [-0.39, 0.29) is 12.1 Å². The molecule has 0 aromatic carbocycles. The molecule has 0 aromatic heterocycles. The number of rotatable bonds is 1. The van der Waals surface area contributed by atoms with E-state index in [2.05, 4.69) is 13.0 Å². The van der Waals surface area contributed by atoms with Gasteiger partial charge >= 0.3 is 5.97 Å². The molecule has 0 fully saturated rings. The molecular weight excluding hydrogens is 140 g/mol. The zero-order valence-corrected chi connectivity index (χ0v) is 7.04. The highest BCUT2D eigenvalue weighted by Gasteiger charge is 2.14. The summed E-state index contributed by atoms with van der Waals surface area (Å²) in [7, 11) is 0. The van der Waals surface area contributed by atoms with Crippen LogP contribution in [0.5, 0.6) is 0 Å². The molecule has 0 N–H and O–H groups in total. The summed E-state index contributed by atoms with van der Waals surface area (Å²) < 4.78 is 5.01. The average Bonchev–Trinajstić information content (AvgIpc) is 1.93. The quantitative estimate of drug-likeness (QED) is 0.426. The Bertz CT molecular complexity index is 172. The molecule has 0 radical (unpaired) electrons.